The van der Waals surface area contributed by atoms with E-state index in [0.717, 1.165) is 0 Å². The molecular weight excluding hydrogens is 288 g/mol. The maximum absolute atomic E-state index is 12.1. The van der Waals surface area contributed by atoms with E-state index in [0.29, 0.717) is 24.8 Å². The normalized spacial score (nSPS) is 21.5. The Kier molecular flexibility index (Phi) is 6.14. The van der Waals surface area contributed by atoms with Crippen molar-refractivity contribution >= 4 is 17.9 Å². The Morgan fingerprint density at radius 1 is 1.50 bits per heavy atom. The summed E-state index contributed by atoms with van der Waals surface area (Å²) in [4.78, 5) is 35.1. The molecule has 1 rings (SSSR count). The van der Waals surface area contributed by atoms with E-state index in [1.54, 1.807) is 20.8 Å². The molecule has 0 aromatic rings. The fourth-order valence-corrected chi connectivity index (χ4v) is 2.14. The van der Waals surface area contributed by atoms with Crippen molar-refractivity contribution in [3.05, 3.63) is 12.2 Å². The highest BCUT2D eigenvalue weighted by atomic mass is 16.6. The minimum absolute atomic E-state index is 0.272. The molecule has 1 heterocycles. The summed E-state index contributed by atoms with van der Waals surface area (Å²) < 4.78 is 15.3. The largest absolute Gasteiger partial charge is 0.463 e. The standard InChI is InChI=1S/C16H24O6/c1-6-16(5,22-13(17)10(2)3)9-11(4)14(18)21-12-7-8-20-15(12)19/h11-12H,2,6-9H2,1,3-5H3. The van der Waals surface area contributed by atoms with Crippen molar-refractivity contribution in [2.75, 3.05) is 6.61 Å². The Bertz CT molecular complexity index is 469. The quantitative estimate of drug-likeness (QED) is 0.407. The minimum atomic E-state index is -0.819. The summed E-state index contributed by atoms with van der Waals surface area (Å²) in [5, 5.41) is 0. The maximum Gasteiger partial charge on any atom is 0.347 e. The van der Waals surface area contributed by atoms with Gasteiger partial charge in [0, 0.05) is 12.0 Å². The summed E-state index contributed by atoms with van der Waals surface area (Å²) in [5.41, 5.74) is -0.478. The van der Waals surface area contributed by atoms with Gasteiger partial charge >= 0.3 is 17.9 Å². The molecule has 0 aliphatic carbocycles. The smallest absolute Gasteiger partial charge is 0.347 e. The van der Waals surface area contributed by atoms with Crippen molar-refractivity contribution in [3.63, 3.8) is 0 Å². The Balaban J connectivity index is 2.61. The number of hydrogen-bond acceptors (Lipinski definition) is 6. The van der Waals surface area contributed by atoms with Gasteiger partial charge in [0.25, 0.3) is 0 Å². The van der Waals surface area contributed by atoms with Crippen LogP contribution in [0.1, 0.15) is 47.0 Å². The second-order valence-electron chi connectivity index (χ2n) is 5.96. The number of esters is 3. The Labute approximate surface area is 130 Å². The molecule has 1 saturated heterocycles. The van der Waals surface area contributed by atoms with Crippen LogP contribution in [-0.4, -0.2) is 36.2 Å². The average Bonchev–Trinajstić information content (AvgIpc) is 2.83. The predicted molar refractivity (Wildman–Crippen MR) is 78.8 cm³/mol. The number of carbonyl (C=O) groups is 3. The molecule has 0 saturated carbocycles. The summed E-state index contributed by atoms with van der Waals surface area (Å²) in [6.45, 7) is 10.7. The van der Waals surface area contributed by atoms with Crippen molar-refractivity contribution in [2.24, 2.45) is 5.92 Å². The molecule has 1 fully saturated rings. The van der Waals surface area contributed by atoms with Gasteiger partial charge in [-0.25, -0.2) is 9.59 Å². The molecule has 0 N–H and O–H groups in total. The Morgan fingerprint density at radius 3 is 2.59 bits per heavy atom. The number of carbonyl (C=O) groups excluding carboxylic acids is 3. The molecule has 1 aliphatic heterocycles. The fraction of sp³-hybridized carbons (Fsp3) is 0.688. The van der Waals surface area contributed by atoms with Crippen LogP contribution in [0.25, 0.3) is 0 Å². The molecule has 0 amide bonds. The lowest BCUT2D eigenvalue weighted by Gasteiger charge is -2.30. The molecule has 22 heavy (non-hydrogen) atoms. The van der Waals surface area contributed by atoms with Crippen LogP contribution in [0.5, 0.6) is 0 Å². The van der Waals surface area contributed by atoms with Gasteiger partial charge in [0.1, 0.15) is 5.60 Å². The average molecular weight is 312 g/mol. The zero-order valence-electron chi connectivity index (χ0n) is 13.6. The van der Waals surface area contributed by atoms with E-state index >= 15 is 0 Å². The summed E-state index contributed by atoms with van der Waals surface area (Å²) >= 11 is 0. The molecule has 1 aliphatic rings. The summed E-state index contributed by atoms with van der Waals surface area (Å²) in [5.74, 6) is -1.98. The van der Waals surface area contributed by atoms with Crippen LogP contribution in [0.4, 0.5) is 0 Å². The zero-order chi connectivity index (χ0) is 16.9. The third-order valence-electron chi connectivity index (χ3n) is 3.72. The van der Waals surface area contributed by atoms with Gasteiger partial charge in [0.15, 0.2) is 0 Å². The van der Waals surface area contributed by atoms with Crippen LogP contribution >= 0.6 is 0 Å². The summed E-state index contributed by atoms with van der Waals surface area (Å²) in [7, 11) is 0. The van der Waals surface area contributed by atoms with E-state index in [1.165, 1.54) is 0 Å². The van der Waals surface area contributed by atoms with E-state index in [1.807, 2.05) is 6.92 Å². The van der Waals surface area contributed by atoms with Crippen LogP contribution in [0, 0.1) is 5.92 Å². The lowest BCUT2D eigenvalue weighted by Crippen LogP contribution is -2.36. The molecule has 6 nitrogen and oxygen atoms in total. The Hall–Kier alpha value is -1.85. The molecule has 0 bridgehead atoms. The molecule has 3 unspecified atom stereocenters. The van der Waals surface area contributed by atoms with E-state index in [9.17, 15) is 14.4 Å². The highest BCUT2D eigenvalue weighted by Gasteiger charge is 2.35. The van der Waals surface area contributed by atoms with Crippen molar-refractivity contribution in [2.45, 2.75) is 58.7 Å². The van der Waals surface area contributed by atoms with Crippen molar-refractivity contribution < 1.29 is 28.6 Å². The van der Waals surface area contributed by atoms with Crippen LogP contribution in [0.15, 0.2) is 12.2 Å². The lowest BCUT2D eigenvalue weighted by molar-refractivity contribution is -0.167. The van der Waals surface area contributed by atoms with Crippen LogP contribution in [0.2, 0.25) is 0 Å². The Morgan fingerprint density at radius 2 is 2.14 bits per heavy atom. The van der Waals surface area contributed by atoms with Crippen molar-refractivity contribution in [3.8, 4) is 0 Å². The minimum Gasteiger partial charge on any atom is -0.463 e. The fourth-order valence-electron chi connectivity index (χ4n) is 2.14. The number of hydrogen-bond donors (Lipinski definition) is 0. The van der Waals surface area contributed by atoms with Gasteiger partial charge in [0.05, 0.1) is 12.5 Å². The predicted octanol–water partition coefficient (Wildman–Crippen LogP) is 2.16. The summed E-state index contributed by atoms with van der Waals surface area (Å²) in [6, 6.07) is 0. The molecule has 0 spiro atoms. The van der Waals surface area contributed by atoms with Crippen molar-refractivity contribution in [1.29, 1.82) is 0 Å². The second kappa shape index (κ2) is 7.42. The molecular formula is C16H24O6. The number of cyclic esters (lactones) is 1. The van der Waals surface area contributed by atoms with E-state index in [4.69, 9.17) is 14.2 Å². The van der Waals surface area contributed by atoms with Gasteiger partial charge in [-0.2, -0.15) is 0 Å². The van der Waals surface area contributed by atoms with Gasteiger partial charge in [-0.15, -0.1) is 0 Å². The lowest BCUT2D eigenvalue weighted by atomic mass is 9.90. The maximum atomic E-state index is 12.1. The monoisotopic (exact) mass is 312 g/mol. The third kappa shape index (κ3) is 4.86. The zero-order valence-corrected chi connectivity index (χ0v) is 13.6. The molecule has 0 aromatic carbocycles. The molecule has 0 radical (unpaired) electrons. The molecule has 3 atom stereocenters. The van der Waals surface area contributed by atoms with Crippen LogP contribution in [-0.2, 0) is 28.6 Å². The number of rotatable bonds is 7. The van der Waals surface area contributed by atoms with Gasteiger partial charge in [0.2, 0.25) is 6.10 Å². The van der Waals surface area contributed by atoms with Gasteiger partial charge in [-0.05, 0) is 26.7 Å². The van der Waals surface area contributed by atoms with E-state index < -0.39 is 35.5 Å². The first-order valence-corrected chi connectivity index (χ1v) is 7.44. The molecule has 0 aromatic heterocycles. The summed E-state index contributed by atoms with van der Waals surface area (Å²) in [6.07, 6.45) is 0.423. The van der Waals surface area contributed by atoms with Crippen LogP contribution < -0.4 is 0 Å². The number of ether oxygens (including phenoxy) is 3. The molecule has 6 heteroatoms. The first-order chi connectivity index (χ1) is 10.2. The van der Waals surface area contributed by atoms with Gasteiger partial charge in [-0.1, -0.05) is 20.4 Å². The van der Waals surface area contributed by atoms with Crippen molar-refractivity contribution in [1.82, 2.24) is 0 Å². The SMILES string of the molecule is C=C(C)C(=O)OC(C)(CC)CC(C)C(=O)OC1CCOC1=O. The highest BCUT2D eigenvalue weighted by Crippen LogP contribution is 2.27. The van der Waals surface area contributed by atoms with Gasteiger partial charge < -0.3 is 14.2 Å². The topological polar surface area (TPSA) is 78.9 Å². The first-order valence-electron chi connectivity index (χ1n) is 7.44. The molecule has 124 valence electrons. The third-order valence-corrected chi connectivity index (χ3v) is 3.72. The first kappa shape index (κ1) is 18.2. The van der Waals surface area contributed by atoms with Gasteiger partial charge in [-0.3, -0.25) is 4.79 Å². The van der Waals surface area contributed by atoms with E-state index in [2.05, 4.69) is 6.58 Å². The highest BCUT2D eigenvalue weighted by molar-refractivity contribution is 5.87. The van der Waals surface area contributed by atoms with E-state index in [-0.39, 0.29) is 6.61 Å². The van der Waals surface area contributed by atoms with Crippen LogP contribution in [0.3, 0.4) is 0 Å². The second-order valence-corrected chi connectivity index (χ2v) is 5.96.